The molecule has 0 heterocycles. The molecule has 0 fully saturated rings. The molecule has 4 heteroatoms. The number of carbonyl (C=O) groups excluding carboxylic acids is 2. The van der Waals surface area contributed by atoms with Crippen LogP contribution in [0.5, 0.6) is 0 Å². The van der Waals surface area contributed by atoms with E-state index in [0.29, 0.717) is 25.0 Å². The Kier molecular flexibility index (Phi) is 9.30. The van der Waals surface area contributed by atoms with E-state index in [9.17, 15) is 14.4 Å². The molecule has 0 aromatic rings. The Morgan fingerprint density at radius 1 is 0.824 bits per heavy atom. The van der Waals surface area contributed by atoms with Crippen LogP contribution in [0.2, 0.25) is 0 Å². The highest BCUT2D eigenvalue weighted by atomic mass is 16.4. The quantitative estimate of drug-likeness (QED) is 0.446. The molecule has 0 amide bonds. The fourth-order valence-corrected chi connectivity index (χ4v) is 1.65. The number of carbonyl (C=O) groups is 3. The third-order valence-electron chi connectivity index (χ3n) is 2.63. The predicted molar refractivity (Wildman–Crippen MR) is 64.9 cm³/mol. The van der Waals surface area contributed by atoms with Gasteiger partial charge in [0, 0.05) is 19.3 Å². The lowest BCUT2D eigenvalue weighted by Crippen LogP contribution is -2.11. The average Bonchev–Trinajstić information content (AvgIpc) is 2.27. The van der Waals surface area contributed by atoms with Crippen molar-refractivity contribution < 1.29 is 19.5 Å². The van der Waals surface area contributed by atoms with E-state index in [4.69, 9.17) is 5.11 Å². The number of carboxylic acids is 1. The van der Waals surface area contributed by atoms with Crippen molar-refractivity contribution in [2.45, 2.75) is 64.7 Å². The topological polar surface area (TPSA) is 71.4 Å². The first kappa shape index (κ1) is 15.8. The van der Waals surface area contributed by atoms with Gasteiger partial charge in [0.15, 0.2) is 0 Å². The zero-order valence-corrected chi connectivity index (χ0v) is 10.5. The summed E-state index contributed by atoms with van der Waals surface area (Å²) >= 11 is 0. The van der Waals surface area contributed by atoms with Crippen LogP contribution in [0.1, 0.15) is 64.7 Å². The summed E-state index contributed by atoms with van der Waals surface area (Å²) in [6.45, 7) is 2.00. The van der Waals surface area contributed by atoms with Crippen molar-refractivity contribution >= 4 is 17.5 Å². The number of Topliss-reactive ketones (excluding diaryl/α,β-unsaturated/α-hetero) is 2. The Balaban J connectivity index is 3.27. The largest absolute Gasteiger partial charge is 0.476 e. The van der Waals surface area contributed by atoms with E-state index in [-0.39, 0.29) is 6.42 Å². The van der Waals surface area contributed by atoms with Gasteiger partial charge < -0.3 is 5.11 Å². The number of aliphatic carboxylic acids is 1. The number of ketones is 2. The molecule has 0 radical (unpaired) electrons. The minimum absolute atomic E-state index is 0.129. The second-order valence-electron chi connectivity index (χ2n) is 4.28. The maximum absolute atomic E-state index is 11.2. The molecule has 0 rings (SSSR count). The summed E-state index contributed by atoms with van der Waals surface area (Å²) in [7, 11) is 0. The van der Waals surface area contributed by atoms with Crippen LogP contribution in [0.4, 0.5) is 0 Å². The molecule has 0 aliphatic heterocycles. The van der Waals surface area contributed by atoms with Crippen LogP contribution < -0.4 is 0 Å². The van der Waals surface area contributed by atoms with Crippen LogP contribution in [-0.2, 0) is 14.4 Å². The SMILES string of the molecule is CCCC(=O)CCCCCCCC(=O)C(=O)O. The lowest BCUT2D eigenvalue weighted by molar-refractivity contribution is -0.149. The van der Waals surface area contributed by atoms with E-state index >= 15 is 0 Å². The van der Waals surface area contributed by atoms with Crippen molar-refractivity contribution in [3.63, 3.8) is 0 Å². The molecule has 17 heavy (non-hydrogen) atoms. The molecule has 0 aliphatic rings. The van der Waals surface area contributed by atoms with Gasteiger partial charge in [-0.2, -0.15) is 0 Å². The molecule has 0 saturated carbocycles. The maximum atomic E-state index is 11.2. The summed E-state index contributed by atoms with van der Waals surface area (Å²) < 4.78 is 0. The standard InChI is InChI=1S/C13H22O4/c1-2-8-11(14)9-6-4-3-5-7-10-12(15)13(16)17/h2-10H2,1H3,(H,16,17). The van der Waals surface area contributed by atoms with Crippen molar-refractivity contribution in [1.29, 1.82) is 0 Å². The first-order chi connectivity index (χ1) is 8.07. The average molecular weight is 242 g/mol. The van der Waals surface area contributed by atoms with Gasteiger partial charge in [-0.1, -0.05) is 26.2 Å². The lowest BCUT2D eigenvalue weighted by Gasteiger charge is -2.00. The summed E-state index contributed by atoms with van der Waals surface area (Å²) in [5.41, 5.74) is 0. The molecule has 0 aliphatic carbocycles. The molecule has 1 N–H and O–H groups in total. The fraction of sp³-hybridized carbons (Fsp3) is 0.769. The van der Waals surface area contributed by atoms with Crippen molar-refractivity contribution in [1.82, 2.24) is 0 Å². The lowest BCUT2D eigenvalue weighted by atomic mass is 10.0. The van der Waals surface area contributed by atoms with Crippen LogP contribution >= 0.6 is 0 Å². The van der Waals surface area contributed by atoms with E-state index < -0.39 is 11.8 Å². The van der Waals surface area contributed by atoms with Crippen molar-refractivity contribution in [3.05, 3.63) is 0 Å². The Morgan fingerprint density at radius 3 is 1.88 bits per heavy atom. The molecular formula is C13H22O4. The molecule has 0 bridgehead atoms. The third kappa shape index (κ3) is 9.72. The van der Waals surface area contributed by atoms with Gasteiger partial charge in [0.05, 0.1) is 0 Å². The van der Waals surface area contributed by atoms with E-state index in [1.807, 2.05) is 6.92 Å². The first-order valence-electron chi connectivity index (χ1n) is 6.35. The Bertz CT molecular complexity index is 258. The fourth-order valence-electron chi connectivity index (χ4n) is 1.65. The van der Waals surface area contributed by atoms with Crippen molar-refractivity contribution in [2.75, 3.05) is 0 Å². The van der Waals surface area contributed by atoms with Gasteiger partial charge in [-0.15, -0.1) is 0 Å². The van der Waals surface area contributed by atoms with Crippen LogP contribution in [0.3, 0.4) is 0 Å². The van der Waals surface area contributed by atoms with E-state index in [1.165, 1.54) is 0 Å². The zero-order valence-electron chi connectivity index (χ0n) is 10.5. The second-order valence-corrected chi connectivity index (χ2v) is 4.28. The number of carboxylic acid groups (broad SMARTS) is 1. The number of hydrogen-bond donors (Lipinski definition) is 1. The Labute approximate surface area is 102 Å². The Hall–Kier alpha value is -1.19. The molecule has 0 spiro atoms. The molecule has 0 aromatic carbocycles. The van der Waals surface area contributed by atoms with Crippen molar-refractivity contribution in [3.8, 4) is 0 Å². The zero-order chi connectivity index (χ0) is 13.1. The van der Waals surface area contributed by atoms with Gasteiger partial charge >= 0.3 is 5.97 Å². The number of rotatable bonds is 11. The van der Waals surface area contributed by atoms with Crippen LogP contribution in [-0.4, -0.2) is 22.6 Å². The van der Waals surface area contributed by atoms with E-state index in [1.54, 1.807) is 0 Å². The Morgan fingerprint density at radius 2 is 1.35 bits per heavy atom. The highest BCUT2D eigenvalue weighted by Gasteiger charge is 2.09. The summed E-state index contributed by atoms with van der Waals surface area (Å²) in [4.78, 5) is 32.1. The summed E-state index contributed by atoms with van der Waals surface area (Å²) in [5, 5.41) is 8.35. The first-order valence-corrected chi connectivity index (χ1v) is 6.35. The molecule has 4 nitrogen and oxygen atoms in total. The molecule has 0 aromatic heterocycles. The molecule has 0 saturated heterocycles. The summed E-state index contributed by atoms with van der Waals surface area (Å²) in [6, 6.07) is 0. The van der Waals surface area contributed by atoms with Gasteiger partial charge in [-0.3, -0.25) is 9.59 Å². The summed E-state index contributed by atoms with van der Waals surface area (Å²) in [6.07, 6.45) is 6.72. The summed E-state index contributed by atoms with van der Waals surface area (Å²) in [5.74, 6) is -1.72. The highest BCUT2D eigenvalue weighted by molar-refractivity contribution is 6.32. The minimum Gasteiger partial charge on any atom is -0.476 e. The molecule has 0 atom stereocenters. The monoisotopic (exact) mass is 242 g/mol. The van der Waals surface area contributed by atoms with Gasteiger partial charge in [-0.05, 0) is 19.3 Å². The van der Waals surface area contributed by atoms with Gasteiger partial charge in [0.25, 0.3) is 0 Å². The number of unbranched alkanes of at least 4 members (excludes halogenated alkanes) is 4. The highest BCUT2D eigenvalue weighted by Crippen LogP contribution is 2.09. The van der Waals surface area contributed by atoms with Crippen LogP contribution in [0, 0.1) is 0 Å². The van der Waals surface area contributed by atoms with Gasteiger partial charge in [0.2, 0.25) is 5.78 Å². The van der Waals surface area contributed by atoms with Gasteiger partial charge in [0.1, 0.15) is 5.78 Å². The number of hydrogen-bond acceptors (Lipinski definition) is 3. The third-order valence-corrected chi connectivity index (χ3v) is 2.63. The van der Waals surface area contributed by atoms with Crippen LogP contribution in [0.25, 0.3) is 0 Å². The van der Waals surface area contributed by atoms with Gasteiger partial charge in [-0.25, -0.2) is 4.79 Å². The van der Waals surface area contributed by atoms with Crippen LogP contribution in [0.15, 0.2) is 0 Å². The smallest absolute Gasteiger partial charge is 0.372 e. The maximum Gasteiger partial charge on any atom is 0.372 e. The normalized spacial score (nSPS) is 10.2. The molecule has 98 valence electrons. The second kappa shape index (κ2) is 10.00. The minimum atomic E-state index is -1.34. The van der Waals surface area contributed by atoms with Crippen molar-refractivity contribution in [2.24, 2.45) is 0 Å². The van der Waals surface area contributed by atoms with E-state index in [0.717, 1.165) is 32.1 Å². The molecular weight excluding hydrogens is 220 g/mol. The predicted octanol–water partition coefficient (Wildman–Crippen LogP) is 2.74. The van der Waals surface area contributed by atoms with E-state index in [2.05, 4.69) is 0 Å². The molecule has 0 unspecified atom stereocenters.